The number of nitrogens with one attached hydrogen (secondary N) is 1. The van der Waals surface area contributed by atoms with E-state index in [0.29, 0.717) is 52.2 Å². The Labute approximate surface area is 290 Å². The summed E-state index contributed by atoms with van der Waals surface area (Å²) in [5, 5.41) is 3.31. The van der Waals surface area contributed by atoms with Crippen LogP contribution in [-0.4, -0.2) is 98.7 Å². The second-order valence-electron chi connectivity index (χ2n) is 14.3. The predicted molar refractivity (Wildman–Crippen MR) is 185 cm³/mol. The maximum absolute atomic E-state index is 14.3. The summed E-state index contributed by atoms with van der Waals surface area (Å²) in [7, 11) is 1.71. The molecule has 1 N–H and O–H groups in total. The average Bonchev–Trinajstić information content (AvgIpc) is 3.09. The highest BCUT2D eigenvalue weighted by molar-refractivity contribution is 5.81. The van der Waals surface area contributed by atoms with E-state index in [9.17, 15) is 14.4 Å². The van der Waals surface area contributed by atoms with E-state index in [1.165, 1.54) is 0 Å². The van der Waals surface area contributed by atoms with Gasteiger partial charge in [0.1, 0.15) is 23.2 Å². The number of fused-ring (bicyclic) bond motifs is 2. The van der Waals surface area contributed by atoms with Crippen molar-refractivity contribution in [3.63, 3.8) is 0 Å². The highest BCUT2D eigenvalue weighted by Crippen LogP contribution is 2.50. The van der Waals surface area contributed by atoms with Crippen molar-refractivity contribution in [3.8, 4) is 11.5 Å². The van der Waals surface area contributed by atoms with E-state index in [4.69, 9.17) is 23.7 Å². The summed E-state index contributed by atoms with van der Waals surface area (Å²) >= 11 is 0. The van der Waals surface area contributed by atoms with Gasteiger partial charge in [-0.3, -0.25) is 4.79 Å². The third kappa shape index (κ3) is 8.86. The van der Waals surface area contributed by atoms with Gasteiger partial charge < -0.3 is 38.8 Å². The summed E-state index contributed by atoms with van der Waals surface area (Å²) in [5.74, 6) is 0.798. The lowest BCUT2D eigenvalue weighted by Crippen LogP contribution is -2.58. The van der Waals surface area contributed by atoms with Crippen LogP contribution in [0.2, 0.25) is 0 Å². The zero-order valence-electron chi connectivity index (χ0n) is 29.7. The first-order valence-corrected chi connectivity index (χ1v) is 17.7. The summed E-state index contributed by atoms with van der Waals surface area (Å²) < 4.78 is 28.8. The summed E-state index contributed by atoms with van der Waals surface area (Å²) in [6.07, 6.45) is 3.05. The monoisotopic (exact) mass is 679 g/mol. The van der Waals surface area contributed by atoms with Crippen molar-refractivity contribution in [1.29, 1.82) is 0 Å². The van der Waals surface area contributed by atoms with Crippen LogP contribution in [0.1, 0.15) is 77.3 Å². The fourth-order valence-electron chi connectivity index (χ4n) is 7.27. The second-order valence-corrected chi connectivity index (χ2v) is 14.3. The Bertz CT molecular complexity index is 1390. The van der Waals surface area contributed by atoms with Gasteiger partial charge in [0.2, 0.25) is 5.91 Å². The summed E-state index contributed by atoms with van der Waals surface area (Å²) in [4.78, 5) is 44.4. The molecule has 2 aromatic carbocycles. The fraction of sp³-hybridized carbons (Fsp3) is 0.605. The predicted octanol–water partition coefficient (Wildman–Crippen LogP) is 6.27. The van der Waals surface area contributed by atoms with E-state index in [-0.39, 0.29) is 25.1 Å². The Balaban J connectivity index is 1.40. The Morgan fingerprint density at radius 3 is 2.24 bits per heavy atom. The minimum absolute atomic E-state index is 0.176. The van der Waals surface area contributed by atoms with Crippen molar-refractivity contribution in [2.45, 2.75) is 89.4 Å². The van der Waals surface area contributed by atoms with Gasteiger partial charge in [-0.05, 0) is 65.5 Å². The Morgan fingerprint density at radius 1 is 0.980 bits per heavy atom. The number of hydrogen-bond acceptors (Lipinski definition) is 8. The van der Waals surface area contributed by atoms with Crippen LogP contribution in [0, 0.1) is 5.92 Å². The maximum Gasteiger partial charge on any atom is 0.410 e. The van der Waals surface area contributed by atoms with Crippen LogP contribution < -0.4 is 10.1 Å². The number of carbonyl (C=O) groups excluding carboxylic acids is 3. The molecule has 0 saturated carbocycles. The topological polar surface area (TPSA) is 116 Å². The number of likely N-dealkylation sites (tertiary alicyclic amines) is 1. The van der Waals surface area contributed by atoms with Gasteiger partial charge in [0.15, 0.2) is 0 Å². The molecule has 0 bridgehead atoms. The third-order valence-electron chi connectivity index (χ3n) is 9.69. The molecule has 2 aromatic rings. The number of ether oxygens (including phenoxy) is 5. The van der Waals surface area contributed by atoms with Crippen LogP contribution in [0.4, 0.5) is 9.59 Å². The number of methoxy groups -OCH3 is 1. The molecule has 0 radical (unpaired) electrons. The van der Waals surface area contributed by atoms with Crippen LogP contribution >= 0.6 is 0 Å². The average molecular weight is 680 g/mol. The number of hydrogen-bond donors (Lipinski definition) is 1. The van der Waals surface area contributed by atoms with Gasteiger partial charge in [0.05, 0.1) is 25.2 Å². The Kier molecular flexibility index (Phi) is 12.1. The molecule has 3 aliphatic heterocycles. The van der Waals surface area contributed by atoms with Crippen LogP contribution in [0.25, 0.3) is 0 Å². The molecule has 3 amide bonds. The Morgan fingerprint density at radius 2 is 1.63 bits per heavy atom. The van der Waals surface area contributed by atoms with Gasteiger partial charge >= 0.3 is 12.2 Å². The minimum atomic E-state index is -0.715. The summed E-state index contributed by atoms with van der Waals surface area (Å²) in [6, 6.07) is 15.6. The van der Waals surface area contributed by atoms with Gasteiger partial charge in [0.25, 0.3) is 0 Å². The maximum atomic E-state index is 14.3. The quantitative estimate of drug-likeness (QED) is 0.276. The second kappa shape index (κ2) is 16.3. The van der Waals surface area contributed by atoms with Crippen molar-refractivity contribution in [1.82, 2.24) is 15.1 Å². The SMILES string of the molecule is CCN(C(=O)OC1CCOCC1)C1CC(C(=O)NCC2(CCCCOC)c3ccccc3Oc3ccccc32)CN(C(=O)OC(C)(C)C)C1. The van der Waals surface area contributed by atoms with Gasteiger partial charge in [-0.15, -0.1) is 0 Å². The van der Waals surface area contributed by atoms with Crippen molar-refractivity contribution in [2.24, 2.45) is 5.92 Å². The standard InChI is InChI=1S/C38H53N3O8/c1-6-41(36(44)47-29-17-21-46-22-18-29)28-23-27(24-40(25-28)35(43)49-37(2,3)4)34(42)39-26-38(19-11-12-20-45-5)30-13-7-9-15-32(30)48-33-16-10-8-14-31(33)38/h7-10,13-16,27-29H,6,11-12,17-26H2,1-5H3,(H,39,42). The molecule has 5 rings (SSSR count). The smallest absolute Gasteiger partial charge is 0.410 e. The van der Waals surface area contributed by atoms with E-state index in [0.717, 1.165) is 41.9 Å². The van der Waals surface area contributed by atoms with Crippen molar-refractivity contribution in [2.75, 3.05) is 53.1 Å². The number of piperidine rings is 1. The zero-order chi connectivity index (χ0) is 35.0. The number of rotatable bonds is 11. The number of nitrogens with zero attached hydrogens (tertiary/aromatic N) is 2. The van der Waals surface area contributed by atoms with Crippen LogP contribution in [0.15, 0.2) is 48.5 Å². The first-order valence-electron chi connectivity index (χ1n) is 17.7. The largest absolute Gasteiger partial charge is 0.457 e. The normalized spacial score (nSPS) is 20.3. The number of unbranched alkanes of at least 4 members (excludes halogenated alkanes) is 1. The molecular weight excluding hydrogens is 626 g/mol. The van der Waals surface area contributed by atoms with Gasteiger partial charge in [-0.25, -0.2) is 9.59 Å². The molecule has 11 nitrogen and oxygen atoms in total. The lowest BCUT2D eigenvalue weighted by molar-refractivity contribution is -0.127. The van der Waals surface area contributed by atoms with E-state index in [2.05, 4.69) is 17.4 Å². The molecule has 3 heterocycles. The molecule has 2 atom stereocenters. The number of amides is 3. The highest BCUT2D eigenvalue weighted by atomic mass is 16.6. The van der Waals surface area contributed by atoms with Crippen molar-refractivity contribution < 1.29 is 38.1 Å². The fourth-order valence-corrected chi connectivity index (χ4v) is 7.27. The number of para-hydroxylation sites is 2. The molecule has 2 unspecified atom stereocenters. The number of carbonyl (C=O) groups is 3. The lowest BCUT2D eigenvalue weighted by Gasteiger charge is -2.43. The van der Waals surface area contributed by atoms with Crippen LogP contribution in [0.5, 0.6) is 11.5 Å². The molecule has 3 aliphatic rings. The Hall–Kier alpha value is -3.83. The van der Waals surface area contributed by atoms with Crippen molar-refractivity contribution >= 4 is 18.1 Å². The van der Waals surface area contributed by atoms with Crippen molar-refractivity contribution in [3.05, 3.63) is 59.7 Å². The summed E-state index contributed by atoms with van der Waals surface area (Å²) in [5.41, 5.74) is 0.789. The number of likely N-dealkylation sites (N-methyl/N-ethyl adjacent to an activating group) is 1. The van der Waals surface area contributed by atoms with Gasteiger partial charge in [-0.1, -0.05) is 36.4 Å². The molecule has 2 fully saturated rings. The lowest BCUT2D eigenvalue weighted by atomic mass is 9.69. The van der Waals surface area contributed by atoms with Crippen LogP contribution in [0.3, 0.4) is 0 Å². The van der Waals surface area contributed by atoms with Crippen LogP contribution in [-0.2, 0) is 29.2 Å². The first kappa shape index (κ1) is 36.5. The van der Waals surface area contributed by atoms with E-state index in [1.54, 1.807) is 16.9 Å². The molecule has 0 aliphatic carbocycles. The molecule has 49 heavy (non-hydrogen) atoms. The van der Waals surface area contributed by atoms with Gasteiger partial charge in [0, 0.05) is 69.3 Å². The zero-order valence-corrected chi connectivity index (χ0v) is 29.7. The molecule has 268 valence electrons. The minimum Gasteiger partial charge on any atom is -0.457 e. The molecule has 2 saturated heterocycles. The van der Waals surface area contributed by atoms with E-state index < -0.39 is 35.2 Å². The molecule has 11 heteroatoms. The van der Waals surface area contributed by atoms with E-state index in [1.807, 2.05) is 64.1 Å². The molecule has 0 aromatic heterocycles. The highest BCUT2D eigenvalue weighted by Gasteiger charge is 2.44. The van der Waals surface area contributed by atoms with E-state index >= 15 is 0 Å². The summed E-state index contributed by atoms with van der Waals surface area (Å²) in [6.45, 7) is 10.2. The molecular formula is C38H53N3O8. The third-order valence-corrected chi connectivity index (χ3v) is 9.69. The first-order chi connectivity index (χ1) is 23.5. The van der Waals surface area contributed by atoms with Gasteiger partial charge in [-0.2, -0.15) is 0 Å². The number of benzene rings is 2. The molecule has 0 spiro atoms.